The first-order chi connectivity index (χ1) is 16.9. The second-order valence-electron chi connectivity index (χ2n) is 9.14. The summed E-state index contributed by atoms with van der Waals surface area (Å²) >= 11 is 0. The van der Waals surface area contributed by atoms with E-state index in [0.29, 0.717) is 24.3 Å². The molecule has 8 nitrogen and oxygen atoms in total. The minimum absolute atomic E-state index is 0.00646. The molecule has 1 amide bonds. The maximum atomic E-state index is 13.5. The molecule has 1 N–H and O–H groups in total. The number of sulfonamides is 1. The number of carbonyl (C=O) groups excluding carboxylic acids is 1. The van der Waals surface area contributed by atoms with Gasteiger partial charge in [-0.3, -0.25) is 4.79 Å². The van der Waals surface area contributed by atoms with Crippen LogP contribution in [0.25, 0.3) is 12.2 Å². The number of furan rings is 1. The van der Waals surface area contributed by atoms with Crippen molar-refractivity contribution in [2.24, 2.45) is 5.92 Å². The van der Waals surface area contributed by atoms with Crippen molar-refractivity contribution in [3.05, 3.63) is 71.0 Å². The lowest BCUT2D eigenvalue weighted by atomic mass is 9.87. The predicted molar refractivity (Wildman–Crippen MR) is 131 cm³/mol. The van der Waals surface area contributed by atoms with Gasteiger partial charge in [0.15, 0.2) is 10.7 Å². The van der Waals surface area contributed by atoms with E-state index in [1.165, 1.54) is 21.7 Å². The number of hydrogen-bond acceptors (Lipinski definition) is 6. The maximum absolute atomic E-state index is 13.5. The van der Waals surface area contributed by atoms with Gasteiger partial charge in [0.2, 0.25) is 15.9 Å². The van der Waals surface area contributed by atoms with E-state index in [-0.39, 0.29) is 41.6 Å². The number of aromatic nitrogens is 1. The number of piperidine rings is 1. The molecule has 0 unspecified atom stereocenters. The van der Waals surface area contributed by atoms with Crippen LogP contribution in [0.1, 0.15) is 60.1 Å². The zero-order valence-electron chi connectivity index (χ0n) is 19.6. The van der Waals surface area contributed by atoms with Crippen molar-refractivity contribution < 1.29 is 22.2 Å². The Kier molecular flexibility index (Phi) is 6.62. The molecule has 184 valence electrons. The van der Waals surface area contributed by atoms with Gasteiger partial charge in [-0.25, -0.2) is 8.42 Å². The van der Waals surface area contributed by atoms with Crippen LogP contribution in [0, 0.1) is 12.8 Å². The molecule has 3 aromatic rings. The van der Waals surface area contributed by atoms with Gasteiger partial charge in [0, 0.05) is 19.0 Å². The third kappa shape index (κ3) is 4.83. The standard InChI is InChI=1S/C26H29N3O5S/c1-18-25(24(34-28-18)12-11-21-8-5-17-33-21)35(31,32)29-15-13-20(14-16-29)26(30)27-23-10-4-7-19-6-2-3-9-22(19)23/h2-3,5-6,8-9,11-12,17,20,23H,4,7,10,13-16H2,1H3,(H,27,30)/b12-11+/t23-/m1/s1. The fourth-order valence-electron chi connectivity index (χ4n) is 5.02. The summed E-state index contributed by atoms with van der Waals surface area (Å²) in [5.74, 6) is 0.536. The second kappa shape index (κ2) is 9.83. The lowest BCUT2D eigenvalue weighted by Crippen LogP contribution is -2.44. The normalized spacial score (nSPS) is 19.6. The Bertz CT molecular complexity index is 1320. The molecule has 1 aromatic carbocycles. The van der Waals surface area contributed by atoms with Gasteiger partial charge >= 0.3 is 0 Å². The zero-order chi connectivity index (χ0) is 24.4. The van der Waals surface area contributed by atoms with Gasteiger partial charge in [0.05, 0.1) is 12.3 Å². The Morgan fingerprint density at radius 1 is 1.11 bits per heavy atom. The summed E-state index contributed by atoms with van der Waals surface area (Å²) in [6.45, 7) is 2.16. The highest BCUT2D eigenvalue weighted by Gasteiger charge is 2.36. The zero-order valence-corrected chi connectivity index (χ0v) is 20.5. The molecular formula is C26H29N3O5S. The number of amides is 1. The summed E-state index contributed by atoms with van der Waals surface area (Å²) in [6, 6.07) is 11.8. The SMILES string of the molecule is Cc1noc(/C=C/c2ccco2)c1S(=O)(=O)N1CCC(C(=O)N[C@@H]2CCCc3ccccc32)CC1. The number of nitrogens with one attached hydrogen (secondary N) is 1. The number of rotatable bonds is 6. The lowest BCUT2D eigenvalue weighted by molar-refractivity contribution is -0.127. The third-order valence-electron chi connectivity index (χ3n) is 6.88. The van der Waals surface area contributed by atoms with Crippen LogP contribution >= 0.6 is 0 Å². The first-order valence-corrected chi connectivity index (χ1v) is 13.4. The summed E-state index contributed by atoms with van der Waals surface area (Å²) in [5, 5.41) is 7.10. The molecule has 1 aliphatic heterocycles. The van der Waals surface area contributed by atoms with Gasteiger partial charge in [-0.2, -0.15) is 4.31 Å². The quantitative estimate of drug-likeness (QED) is 0.545. The van der Waals surface area contributed by atoms with Gasteiger partial charge in [-0.05, 0) is 74.4 Å². The van der Waals surface area contributed by atoms with Gasteiger partial charge in [0.1, 0.15) is 11.5 Å². The Balaban J connectivity index is 1.24. The molecule has 2 aromatic heterocycles. The van der Waals surface area contributed by atoms with Crippen LogP contribution in [-0.4, -0.2) is 36.9 Å². The molecular weight excluding hydrogens is 466 g/mol. The van der Waals surface area contributed by atoms with E-state index < -0.39 is 10.0 Å². The lowest BCUT2D eigenvalue weighted by Gasteiger charge is -2.32. The summed E-state index contributed by atoms with van der Waals surface area (Å²) in [5.41, 5.74) is 2.80. The monoisotopic (exact) mass is 495 g/mol. The first-order valence-electron chi connectivity index (χ1n) is 12.0. The maximum Gasteiger partial charge on any atom is 0.248 e. The molecule has 0 bridgehead atoms. The van der Waals surface area contributed by atoms with Crippen molar-refractivity contribution in [3.8, 4) is 0 Å². The highest BCUT2D eigenvalue weighted by molar-refractivity contribution is 7.89. The van der Waals surface area contributed by atoms with Crippen molar-refractivity contribution in [2.75, 3.05) is 13.1 Å². The van der Waals surface area contributed by atoms with Crippen LogP contribution in [0.3, 0.4) is 0 Å². The van der Waals surface area contributed by atoms with Crippen molar-refractivity contribution >= 4 is 28.1 Å². The van der Waals surface area contributed by atoms with E-state index in [1.807, 2.05) is 12.1 Å². The minimum Gasteiger partial charge on any atom is -0.465 e. The van der Waals surface area contributed by atoms with Crippen molar-refractivity contribution in [1.29, 1.82) is 0 Å². The number of hydrogen-bond donors (Lipinski definition) is 1. The topological polar surface area (TPSA) is 106 Å². The minimum atomic E-state index is -3.82. The van der Waals surface area contributed by atoms with Crippen LogP contribution in [0.4, 0.5) is 0 Å². The molecule has 1 aliphatic carbocycles. The van der Waals surface area contributed by atoms with E-state index in [1.54, 1.807) is 31.2 Å². The Labute approximate surface area is 205 Å². The van der Waals surface area contributed by atoms with E-state index >= 15 is 0 Å². The highest BCUT2D eigenvalue weighted by atomic mass is 32.2. The van der Waals surface area contributed by atoms with Gasteiger partial charge in [-0.15, -0.1) is 0 Å². The van der Waals surface area contributed by atoms with Crippen LogP contribution in [0.2, 0.25) is 0 Å². The third-order valence-corrected chi connectivity index (χ3v) is 8.94. The average Bonchev–Trinajstić information content (AvgIpc) is 3.53. The largest absolute Gasteiger partial charge is 0.465 e. The van der Waals surface area contributed by atoms with Crippen LogP contribution < -0.4 is 5.32 Å². The van der Waals surface area contributed by atoms with Crippen molar-refractivity contribution in [1.82, 2.24) is 14.8 Å². The molecule has 0 spiro atoms. The molecule has 2 aliphatic rings. The van der Waals surface area contributed by atoms with Crippen molar-refractivity contribution in [2.45, 2.75) is 50.0 Å². The van der Waals surface area contributed by atoms with Crippen LogP contribution in [0.5, 0.6) is 0 Å². The fraction of sp³-hybridized carbons (Fsp3) is 0.385. The average molecular weight is 496 g/mol. The van der Waals surface area contributed by atoms with Crippen molar-refractivity contribution in [3.63, 3.8) is 0 Å². The van der Waals surface area contributed by atoms with E-state index in [0.717, 1.165) is 19.3 Å². The van der Waals surface area contributed by atoms with Crippen LogP contribution in [-0.2, 0) is 21.2 Å². The summed E-state index contributed by atoms with van der Waals surface area (Å²) in [6.07, 6.45) is 8.69. The number of fused-ring (bicyclic) bond motifs is 1. The summed E-state index contributed by atoms with van der Waals surface area (Å²) in [7, 11) is -3.82. The molecule has 5 rings (SSSR count). The predicted octanol–water partition coefficient (Wildman–Crippen LogP) is 4.34. The molecule has 35 heavy (non-hydrogen) atoms. The first kappa shape index (κ1) is 23.6. The highest BCUT2D eigenvalue weighted by Crippen LogP contribution is 2.32. The van der Waals surface area contributed by atoms with E-state index in [9.17, 15) is 13.2 Å². The van der Waals surface area contributed by atoms with E-state index in [4.69, 9.17) is 8.94 Å². The fourth-order valence-corrected chi connectivity index (χ4v) is 6.74. The molecule has 9 heteroatoms. The number of benzene rings is 1. The molecule has 0 saturated carbocycles. The Hall–Kier alpha value is -3.17. The smallest absolute Gasteiger partial charge is 0.248 e. The van der Waals surface area contributed by atoms with Gasteiger partial charge in [0.25, 0.3) is 0 Å². The molecule has 0 radical (unpaired) electrons. The Morgan fingerprint density at radius 3 is 2.69 bits per heavy atom. The number of nitrogens with zero attached hydrogens (tertiary/aromatic N) is 2. The Morgan fingerprint density at radius 2 is 1.91 bits per heavy atom. The molecule has 1 saturated heterocycles. The van der Waals surface area contributed by atoms with E-state index in [2.05, 4.69) is 22.6 Å². The summed E-state index contributed by atoms with van der Waals surface area (Å²) in [4.78, 5) is 13.1. The number of aryl methyl sites for hydroxylation is 2. The molecule has 1 atom stereocenters. The number of carbonyl (C=O) groups is 1. The van der Waals surface area contributed by atoms with Gasteiger partial charge < -0.3 is 14.3 Å². The molecule has 1 fully saturated rings. The second-order valence-corrected chi connectivity index (χ2v) is 11.0. The molecule has 3 heterocycles. The van der Waals surface area contributed by atoms with Crippen LogP contribution in [0.15, 0.2) is 56.5 Å². The van der Waals surface area contributed by atoms with Gasteiger partial charge in [-0.1, -0.05) is 29.4 Å². The summed E-state index contributed by atoms with van der Waals surface area (Å²) < 4.78 is 38.9.